The average molecular weight is 290 g/mol. The highest BCUT2D eigenvalue weighted by Gasteiger charge is 2.29. The Labute approximate surface area is 122 Å². The molecular weight excluding hydrogens is 271 g/mol. The van der Waals surface area contributed by atoms with Gasteiger partial charge in [0.25, 0.3) is 0 Å². The summed E-state index contributed by atoms with van der Waals surface area (Å²) < 4.78 is 20.9. The van der Waals surface area contributed by atoms with E-state index in [9.17, 15) is 4.39 Å². The van der Waals surface area contributed by atoms with E-state index in [-0.39, 0.29) is 17.3 Å². The monoisotopic (exact) mass is 290 g/mol. The molecule has 21 heavy (non-hydrogen) atoms. The van der Waals surface area contributed by atoms with Gasteiger partial charge in [-0.3, -0.25) is 0 Å². The molecule has 6 heteroatoms. The molecule has 0 fully saturated rings. The van der Waals surface area contributed by atoms with Crippen molar-refractivity contribution in [1.29, 1.82) is 0 Å². The maximum Gasteiger partial charge on any atom is 0.169 e. The minimum atomic E-state index is -0.238. The fourth-order valence-corrected chi connectivity index (χ4v) is 2.81. The molecular formula is C15H19FN4O. The van der Waals surface area contributed by atoms with Crippen LogP contribution in [-0.2, 0) is 18.4 Å². The first-order chi connectivity index (χ1) is 9.84. The fraction of sp³-hybridized carbons (Fsp3) is 0.467. The van der Waals surface area contributed by atoms with E-state index < -0.39 is 0 Å². The number of ether oxygens (including phenoxy) is 1. The van der Waals surface area contributed by atoms with E-state index in [2.05, 4.69) is 31.1 Å². The molecule has 0 spiro atoms. The quantitative estimate of drug-likeness (QED) is 0.921. The molecule has 112 valence electrons. The van der Waals surface area contributed by atoms with Gasteiger partial charge in [-0.25, -0.2) is 9.07 Å². The Kier molecular flexibility index (Phi) is 3.11. The number of anilines is 1. The summed E-state index contributed by atoms with van der Waals surface area (Å²) in [6, 6.07) is 4.61. The van der Waals surface area contributed by atoms with Crippen molar-refractivity contribution >= 4 is 5.82 Å². The molecule has 0 amide bonds. The van der Waals surface area contributed by atoms with Crippen LogP contribution >= 0.6 is 0 Å². The molecule has 0 bridgehead atoms. The van der Waals surface area contributed by atoms with Crippen LogP contribution in [0.3, 0.4) is 0 Å². The first kappa shape index (κ1) is 13.9. The van der Waals surface area contributed by atoms with Crippen LogP contribution in [0.25, 0.3) is 0 Å². The van der Waals surface area contributed by atoms with Gasteiger partial charge in [0.05, 0.1) is 12.2 Å². The van der Waals surface area contributed by atoms with Crippen molar-refractivity contribution in [2.75, 3.05) is 5.73 Å². The summed E-state index contributed by atoms with van der Waals surface area (Å²) in [6.07, 6.45) is 0.584. The third-order valence-corrected chi connectivity index (χ3v) is 3.61. The molecule has 5 nitrogen and oxygen atoms in total. The maximum atomic E-state index is 13.2. The minimum Gasteiger partial charge on any atom is -0.488 e. The fourth-order valence-electron chi connectivity index (χ4n) is 2.81. The van der Waals surface area contributed by atoms with Crippen molar-refractivity contribution in [1.82, 2.24) is 15.0 Å². The zero-order valence-corrected chi connectivity index (χ0v) is 12.4. The largest absolute Gasteiger partial charge is 0.488 e. The SMILES string of the molecule is CC(C)(C)c1c(N)nnn1CC1Cc2cc(F)ccc2O1. The van der Waals surface area contributed by atoms with E-state index in [1.165, 1.54) is 12.1 Å². The van der Waals surface area contributed by atoms with Gasteiger partial charge in [0, 0.05) is 17.4 Å². The number of nitrogens with zero attached hydrogens (tertiary/aromatic N) is 3. The summed E-state index contributed by atoms with van der Waals surface area (Å²) in [5, 5.41) is 8.08. The Morgan fingerprint density at radius 1 is 1.43 bits per heavy atom. The van der Waals surface area contributed by atoms with E-state index in [0.717, 1.165) is 17.0 Å². The second-order valence-corrected chi connectivity index (χ2v) is 6.45. The summed E-state index contributed by atoms with van der Waals surface area (Å²) in [6.45, 7) is 6.75. The Hall–Kier alpha value is -2.11. The lowest BCUT2D eigenvalue weighted by Crippen LogP contribution is -2.27. The van der Waals surface area contributed by atoms with E-state index in [0.29, 0.717) is 18.8 Å². The number of aromatic nitrogens is 3. The molecule has 1 unspecified atom stereocenters. The van der Waals surface area contributed by atoms with Crippen molar-refractivity contribution in [2.24, 2.45) is 0 Å². The van der Waals surface area contributed by atoms with Crippen molar-refractivity contribution in [2.45, 2.75) is 45.3 Å². The van der Waals surface area contributed by atoms with E-state index >= 15 is 0 Å². The van der Waals surface area contributed by atoms with E-state index in [1.54, 1.807) is 10.7 Å². The molecule has 0 radical (unpaired) electrons. The number of benzene rings is 1. The number of fused-ring (bicyclic) bond motifs is 1. The highest BCUT2D eigenvalue weighted by molar-refractivity contribution is 5.39. The lowest BCUT2D eigenvalue weighted by Gasteiger charge is -2.21. The highest BCUT2D eigenvalue weighted by Crippen LogP contribution is 2.31. The number of nitrogens with two attached hydrogens (primary N) is 1. The molecule has 1 aliphatic heterocycles. The number of nitrogen functional groups attached to an aromatic ring is 1. The normalized spacial score (nSPS) is 17.6. The Morgan fingerprint density at radius 2 is 2.19 bits per heavy atom. The number of hydrogen-bond acceptors (Lipinski definition) is 4. The Balaban J connectivity index is 1.81. The van der Waals surface area contributed by atoms with Crippen LogP contribution in [0.15, 0.2) is 18.2 Å². The highest BCUT2D eigenvalue weighted by atomic mass is 19.1. The number of rotatable bonds is 2. The topological polar surface area (TPSA) is 66.0 Å². The predicted octanol–water partition coefficient (Wildman–Crippen LogP) is 2.30. The summed E-state index contributed by atoms with van der Waals surface area (Å²) in [5.41, 5.74) is 7.56. The van der Waals surface area contributed by atoms with Gasteiger partial charge in [0.1, 0.15) is 17.7 Å². The van der Waals surface area contributed by atoms with Gasteiger partial charge in [-0.05, 0) is 18.2 Å². The summed E-state index contributed by atoms with van der Waals surface area (Å²) in [4.78, 5) is 0. The third-order valence-electron chi connectivity index (χ3n) is 3.61. The summed E-state index contributed by atoms with van der Waals surface area (Å²) in [5.74, 6) is 0.953. The van der Waals surface area contributed by atoms with Crippen LogP contribution < -0.4 is 10.5 Å². The van der Waals surface area contributed by atoms with Gasteiger partial charge in [-0.2, -0.15) is 0 Å². The lowest BCUT2D eigenvalue weighted by atomic mass is 9.91. The molecule has 0 aliphatic carbocycles. The molecule has 1 aromatic carbocycles. The van der Waals surface area contributed by atoms with Gasteiger partial charge < -0.3 is 10.5 Å². The van der Waals surface area contributed by atoms with Gasteiger partial charge >= 0.3 is 0 Å². The van der Waals surface area contributed by atoms with Crippen LogP contribution in [0.2, 0.25) is 0 Å². The molecule has 0 saturated heterocycles. The van der Waals surface area contributed by atoms with Crippen molar-refractivity contribution < 1.29 is 9.13 Å². The van der Waals surface area contributed by atoms with Crippen LogP contribution in [-0.4, -0.2) is 21.1 Å². The molecule has 1 atom stereocenters. The zero-order valence-electron chi connectivity index (χ0n) is 12.4. The third kappa shape index (κ3) is 2.57. The first-order valence-electron chi connectivity index (χ1n) is 6.99. The average Bonchev–Trinajstić information content (AvgIpc) is 2.91. The summed E-state index contributed by atoms with van der Waals surface area (Å²) in [7, 11) is 0. The van der Waals surface area contributed by atoms with Crippen LogP contribution in [0.1, 0.15) is 32.0 Å². The first-order valence-corrected chi connectivity index (χ1v) is 6.99. The van der Waals surface area contributed by atoms with Gasteiger partial charge in [0.15, 0.2) is 5.82 Å². The van der Waals surface area contributed by atoms with Gasteiger partial charge in [-0.1, -0.05) is 26.0 Å². The van der Waals surface area contributed by atoms with Crippen LogP contribution in [0.4, 0.5) is 10.2 Å². The van der Waals surface area contributed by atoms with Crippen molar-refractivity contribution in [3.8, 4) is 5.75 Å². The smallest absolute Gasteiger partial charge is 0.169 e. The van der Waals surface area contributed by atoms with Crippen molar-refractivity contribution in [3.05, 3.63) is 35.3 Å². The molecule has 1 aliphatic rings. The summed E-state index contributed by atoms with van der Waals surface area (Å²) >= 11 is 0. The second kappa shape index (κ2) is 4.72. The van der Waals surface area contributed by atoms with Gasteiger partial charge in [0.2, 0.25) is 0 Å². The predicted molar refractivity (Wildman–Crippen MR) is 77.7 cm³/mol. The minimum absolute atomic E-state index is 0.0796. The molecule has 1 aromatic heterocycles. The molecule has 3 rings (SSSR count). The second-order valence-electron chi connectivity index (χ2n) is 6.45. The van der Waals surface area contributed by atoms with Crippen molar-refractivity contribution in [3.63, 3.8) is 0 Å². The van der Waals surface area contributed by atoms with Crippen LogP contribution in [0.5, 0.6) is 5.75 Å². The maximum absolute atomic E-state index is 13.2. The zero-order chi connectivity index (χ0) is 15.2. The van der Waals surface area contributed by atoms with E-state index in [1.807, 2.05) is 0 Å². The number of hydrogen-bond donors (Lipinski definition) is 1. The lowest BCUT2D eigenvalue weighted by molar-refractivity contribution is 0.198. The Morgan fingerprint density at radius 3 is 2.90 bits per heavy atom. The molecule has 0 saturated carbocycles. The van der Waals surface area contributed by atoms with E-state index in [4.69, 9.17) is 10.5 Å². The molecule has 2 N–H and O–H groups in total. The van der Waals surface area contributed by atoms with Gasteiger partial charge in [-0.15, -0.1) is 5.10 Å². The number of halogens is 1. The Bertz CT molecular complexity index is 675. The molecule has 2 heterocycles. The van der Waals surface area contributed by atoms with Crippen LogP contribution in [0, 0.1) is 5.82 Å². The standard InChI is InChI=1S/C15H19FN4O/c1-15(2,3)13-14(17)18-19-20(13)8-11-7-9-6-10(16)4-5-12(9)21-11/h4-6,11H,7-8,17H2,1-3H3. The molecule has 2 aromatic rings.